The van der Waals surface area contributed by atoms with Gasteiger partial charge in [-0.05, 0) is 47.9 Å². The van der Waals surface area contributed by atoms with Gasteiger partial charge >= 0.3 is 5.63 Å². The van der Waals surface area contributed by atoms with Crippen molar-refractivity contribution in [2.24, 2.45) is 5.73 Å². The molecule has 1 aromatic heterocycles. The fourth-order valence-electron chi connectivity index (χ4n) is 2.80. The second-order valence-corrected chi connectivity index (χ2v) is 6.61. The van der Waals surface area contributed by atoms with Gasteiger partial charge < -0.3 is 20.2 Å². The van der Waals surface area contributed by atoms with Crippen LogP contribution in [0.5, 0.6) is 5.75 Å². The van der Waals surface area contributed by atoms with Gasteiger partial charge in [0, 0.05) is 28.8 Å². The zero-order valence-electron chi connectivity index (χ0n) is 15.5. The van der Waals surface area contributed by atoms with E-state index in [9.17, 15) is 14.4 Å². The molecule has 0 radical (unpaired) electrons. The number of benzene rings is 2. The number of hydrogen-bond donors (Lipinski definition) is 2. The van der Waals surface area contributed by atoms with Crippen LogP contribution in [0, 0.1) is 0 Å². The molecule has 7 nitrogen and oxygen atoms in total. The van der Waals surface area contributed by atoms with Crippen LogP contribution in [0.1, 0.15) is 35.7 Å². The number of carbonyl (C=O) groups is 2. The molecule has 144 valence electrons. The van der Waals surface area contributed by atoms with E-state index in [2.05, 4.69) is 5.32 Å². The SMILES string of the molecule is CC(C)c1cc(=O)oc2cc(OCC(=O)Nc3ccc(C(N)=O)cc3)ccc12. The van der Waals surface area contributed by atoms with E-state index < -0.39 is 11.5 Å². The van der Waals surface area contributed by atoms with E-state index in [1.54, 1.807) is 24.3 Å². The third kappa shape index (κ3) is 4.37. The first kappa shape index (κ1) is 19.2. The fraction of sp³-hybridized carbons (Fsp3) is 0.190. The van der Waals surface area contributed by atoms with E-state index in [-0.39, 0.29) is 18.4 Å². The molecule has 28 heavy (non-hydrogen) atoms. The predicted octanol–water partition coefficient (Wildman–Crippen LogP) is 3.03. The topological polar surface area (TPSA) is 112 Å². The Morgan fingerprint density at radius 3 is 2.46 bits per heavy atom. The van der Waals surface area contributed by atoms with Gasteiger partial charge in [0.15, 0.2) is 6.61 Å². The number of anilines is 1. The van der Waals surface area contributed by atoms with Gasteiger partial charge in [-0.1, -0.05) is 13.8 Å². The lowest BCUT2D eigenvalue weighted by Crippen LogP contribution is -2.20. The standard InChI is InChI=1S/C21H20N2O5/c1-12(2)17-10-20(25)28-18-9-15(7-8-16(17)18)27-11-19(24)23-14-5-3-13(4-6-14)21(22)26/h3-10,12H,11H2,1-2H3,(H2,22,26)(H,23,24). The summed E-state index contributed by atoms with van der Waals surface area (Å²) in [7, 11) is 0. The molecule has 0 aliphatic heterocycles. The van der Waals surface area contributed by atoms with Gasteiger partial charge in [-0.2, -0.15) is 0 Å². The van der Waals surface area contributed by atoms with Crippen LogP contribution in [0.2, 0.25) is 0 Å². The second kappa shape index (κ2) is 7.96. The molecule has 2 aromatic carbocycles. The van der Waals surface area contributed by atoms with E-state index >= 15 is 0 Å². The van der Waals surface area contributed by atoms with Crippen molar-refractivity contribution in [2.45, 2.75) is 19.8 Å². The van der Waals surface area contributed by atoms with Gasteiger partial charge in [0.25, 0.3) is 5.91 Å². The Morgan fingerprint density at radius 2 is 1.82 bits per heavy atom. The number of carbonyl (C=O) groups excluding carboxylic acids is 2. The maximum Gasteiger partial charge on any atom is 0.336 e. The van der Waals surface area contributed by atoms with Crippen molar-refractivity contribution in [3.8, 4) is 5.75 Å². The van der Waals surface area contributed by atoms with Crippen molar-refractivity contribution in [3.63, 3.8) is 0 Å². The maximum absolute atomic E-state index is 12.1. The highest BCUT2D eigenvalue weighted by atomic mass is 16.5. The Labute approximate surface area is 161 Å². The van der Waals surface area contributed by atoms with E-state index in [1.807, 2.05) is 19.9 Å². The molecule has 0 fully saturated rings. The average molecular weight is 380 g/mol. The molecule has 0 unspecified atom stereocenters. The monoisotopic (exact) mass is 380 g/mol. The molecule has 0 aliphatic carbocycles. The van der Waals surface area contributed by atoms with Crippen molar-refractivity contribution < 1.29 is 18.7 Å². The first-order valence-electron chi connectivity index (χ1n) is 8.74. The quantitative estimate of drug-likeness (QED) is 0.639. The number of nitrogens with two attached hydrogens (primary N) is 1. The van der Waals surface area contributed by atoms with Crippen LogP contribution >= 0.6 is 0 Å². The summed E-state index contributed by atoms with van der Waals surface area (Å²) < 4.78 is 10.8. The Kier molecular flexibility index (Phi) is 5.44. The number of rotatable bonds is 6. The number of ether oxygens (including phenoxy) is 1. The highest BCUT2D eigenvalue weighted by Gasteiger charge is 2.11. The molecule has 3 N–H and O–H groups in total. The third-order valence-electron chi connectivity index (χ3n) is 4.19. The van der Waals surface area contributed by atoms with Crippen molar-refractivity contribution in [2.75, 3.05) is 11.9 Å². The smallest absolute Gasteiger partial charge is 0.336 e. The summed E-state index contributed by atoms with van der Waals surface area (Å²) in [6.45, 7) is 3.77. The lowest BCUT2D eigenvalue weighted by molar-refractivity contribution is -0.118. The summed E-state index contributed by atoms with van der Waals surface area (Å²) in [5.74, 6) is -0.324. The first-order chi connectivity index (χ1) is 13.3. The minimum Gasteiger partial charge on any atom is -0.484 e. The molecule has 0 saturated carbocycles. The summed E-state index contributed by atoms with van der Waals surface area (Å²) >= 11 is 0. The van der Waals surface area contributed by atoms with E-state index in [0.29, 0.717) is 22.6 Å². The number of hydrogen-bond acceptors (Lipinski definition) is 5. The molecule has 0 saturated heterocycles. The lowest BCUT2D eigenvalue weighted by atomic mass is 10.00. The maximum atomic E-state index is 12.1. The van der Waals surface area contributed by atoms with Crippen LogP contribution in [-0.4, -0.2) is 18.4 Å². The van der Waals surface area contributed by atoms with Crippen LogP contribution in [0.4, 0.5) is 5.69 Å². The molecular formula is C21H20N2O5. The normalized spacial score (nSPS) is 10.8. The highest BCUT2D eigenvalue weighted by Crippen LogP contribution is 2.27. The number of fused-ring (bicyclic) bond motifs is 1. The van der Waals surface area contributed by atoms with Crippen LogP contribution < -0.4 is 21.4 Å². The summed E-state index contributed by atoms with van der Waals surface area (Å²) in [5.41, 5.74) is 6.94. The average Bonchev–Trinajstić information content (AvgIpc) is 2.65. The molecule has 2 amide bonds. The van der Waals surface area contributed by atoms with Crippen LogP contribution in [-0.2, 0) is 4.79 Å². The van der Waals surface area contributed by atoms with Crippen molar-refractivity contribution in [3.05, 3.63) is 70.1 Å². The van der Waals surface area contributed by atoms with Crippen molar-refractivity contribution >= 4 is 28.5 Å². The Morgan fingerprint density at radius 1 is 1.11 bits per heavy atom. The Bertz CT molecular complexity index is 1080. The molecule has 0 aliphatic rings. The van der Waals surface area contributed by atoms with E-state index in [1.165, 1.54) is 18.2 Å². The summed E-state index contributed by atoms with van der Waals surface area (Å²) in [4.78, 5) is 34.9. The second-order valence-electron chi connectivity index (χ2n) is 6.61. The van der Waals surface area contributed by atoms with E-state index in [0.717, 1.165) is 10.9 Å². The molecule has 0 spiro atoms. The first-order valence-corrected chi connectivity index (χ1v) is 8.74. The molecule has 7 heteroatoms. The Hall–Kier alpha value is -3.61. The fourth-order valence-corrected chi connectivity index (χ4v) is 2.80. The molecule has 0 atom stereocenters. The van der Waals surface area contributed by atoms with Gasteiger partial charge in [-0.3, -0.25) is 9.59 Å². The van der Waals surface area contributed by atoms with Crippen LogP contribution in [0.25, 0.3) is 11.0 Å². The van der Waals surface area contributed by atoms with Crippen LogP contribution in [0.15, 0.2) is 57.7 Å². The summed E-state index contributed by atoms with van der Waals surface area (Å²) in [6.07, 6.45) is 0. The summed E-state index contributed by atoms with van der Waals surface area (Å²) in [6, 6.07) is 12.8. The van der Waals surface area contributed by atoms with Gasteiger partial charge in [-0.25, -0.2) is 4.79 Å². The third-order valence-corrected chi connectivity index (χ3v) is 4.19. The molecule has 3 rings (SSSR count). The number of primary amides is 1. The predicted molar refractivity (Wildman–Crippen MR) is 106 cm³/mol. The van der Waals surface area contributed by atoms with Gasteiger partial charge in [0.05, 0.1) is 0 Å². The molecule has 1 heterocycles. The molecular weight excluding hydrogens is 360 g/mol. The van der Waals surface area contributed by atoms with Gasteiger partial charge in [0.1, 0.15) is 11.3 Å². The van der Waals surface area contributed by atoms with Crippen molar-refractivity contribution in [1.29, 1.82) is 0 Å². The molecule has 3 aromatic rings. The summed E-state index contributed by atoms with van der Waals surface area (Å²) in [5, 5.41) is 3.49. The number of amides is 2. The number of nitrogens with one attached hydrogen (secondary N) is 1. The van der Waals surface area contributed by atoms with Gasteiger partial charge in [0.2, 0.25) is 5.91 Å². The van der Waals surface area contributed by atoms with Crippen LogP contribution in [0.3, 0.4) is 0 Å². The molecule has 0 bridgehead atoms. The Balaban J connectivity index is 1.68. The van der Waals surface area contributed by atoms with Crippen molar-refractivity contribution in [1.82, 2.24) is 0 Å². The minimum absolute atomic E-state index is 0.171. The van der Waals surface area contributed by atoms with Gasteiger partial charge in [-0.15, -0.1) is 0 Å². The zero-order chi connectivity index (χ0) is 20.3. The largest absolute Gasteiger partial charge is 0.484 e. The minimum atomic E-state index is -0.537. The lowest BCUT2D eigenvalue weighted by Gasteiger charge is -2.11. The van der Waals surface area contributed by atoms with E-state index in [4.69, 9.17) is 14.9 Å². The highest BCUT2D eigenvalue weighted by molar-refractivity contribution is 5.95. The zero-order valence-corrected chi connectivity index (χ0v) is 15.5.